The van der Waals surface area contributed by atoms with Gasteiger partial charge in [-0.3, -0.25) is 9.59 Å². The van der Waals surface area contributed by atoms with Crippen LogP contribution in [0, 0.1) is 0 Å². The number of carboxylic acid groups (broad SMARTS) is 1. The average Bonchev–Trinajstić information content (AvgIpc) is 2.89. The Balaban J connectivity index is 0. The van der Waals surface area contributed by atoms with Crippen molar-refractivity contribution < 1.29 is 19.4 Å². The Morgan fingerprint density at radius 3 is 0.974 bits per heavy atom. The highest BCUT2D eigenvalue weighted by atomic mass is 16.5. The van der Waals surface area contributed by atoms with E-state index in [9.17, 15) is 9.59 Å². The minimum Gasteiger partial charge on any atom is -0.481 e. The smallest absolute Gasteiger partial charge is 0.306 e. The van der Waals surface area contributed by atoms with Crippen LogP contribution >= 0.6 is 0 Å². The molecular weight excluding hydrogens is 484 g/mol. The monoisotopic (exact) mass is 555 g/mol. The van der Waals surface area contributed by atoms with Crippen molar-refractivity contribution in [3.63, 3.8) is 0 Å². The molecule has 0 aromatic rings. The predicted octanol–water partition coefficient (Wildman–Crippen LogP) is 12.0. The van der Waals surface area contributed by atoms with E-state index in [0.29, 0.717) is 12.8 Å². The SMILES string of the molecule is CCCCCCCCCCCCCC(=O)OC(C)C.CCCCCCCCCCCCCCCCCC(=O)O. The fourth-order valence-corrected chi connectivity index (χ4v) is 4.90. The first-order chi connectivity index (χ1) is 18.9. The van der Waals surface area contributed by atoms with Crippen molar-refractivity contribution in [3.05, 3.63) is 0 Å². The Bertz CT molecular complexity index is 489. The first-order valence-corrected chi connectivity index (χ1v) is 17.3. The van der Waals surface area contributed by atoms with E-state index in [1.807, 2.05) is 13.8 Å². The zero-order valence-corrected chi connectivity index (χ0v) is 27.0. The highest BCUT2D eigenvalue weighted by Crippen LogP contribution is 2.14. The molecule has 4 heteroatoms. The van der Waals surface area contributed by atoms with Crippen molar-refractivity contribution in [1.29, 1.82) is 0 Å². The van der Waals surface area contributed by atoms with Gasteiger partial charge in [0.15, 0.2) is 0 Å². The predicted molar refractivity (Wildman–Crippen MR) is 169 cm³/mol. The van der Waals surface area contributed by atoms with Gasteiger partial charge in [0, 0.05) is 12.8 Å². The van der Waals surface area contributed by atoms with E-state index >= 15 is 0 Å². The third-order valence-electron chi connectivity index (χ3n) is 7.35. The molecule has 234 valence electrons. The van der Waals surface area contributed by atoms with Crippen molar-refractivity contribution in [3.8, 4) is 0 Å². The number of esters is 1. The van der Waals surface area contributed by atoms with Gasteiger partial charge in [-0.25, -0.2) is 0 Å². The van der Waals surface area contributed by atoms with Gasteiger partial charge < -0.3 is 9.84 Å². The zero-order chi connectivity index (χ0) is 29.2. The van der Waals surface area contributed by atoms with Crippen molar-refractivity contribution in [2.24, 2.45) is 0 Å². The fourth-order valence-electron chi connectivity index (χ4n) is 4.90. The summed E-state index contributed by atoms with van der Waals surface area (Å²) in [5.41, 5.74) is 0. The fraction of sp³-hybridized carbons (Fsp3) is 0.943. The maximum atomic E-state index is 11.3. The molecule has 0 spiro atoms. The number of carboxylic acids is 1. The second kappa shape index (κ2) is 35.0. The van der Waals surface area contributed by atoms with Crippen LogP contribution in [0.25, 0.3) is 0 Å². The van der Waals surface area contributed by atoms with Gasteiger partial charge >= 0.3 is 11.9 Å². The highest BCUT2D eigenvalue weighted by molar-refractivity contribution is 5.69. The van der Waals surface area contributed by atoms with Gasteiger partial charge in [0.05, 0.1) is 6.10 Å². The molecule has 0 rings (SSSR count). The molecule has 0 heterocycles. The van der Waals surface area contributed by atoms with Crippen molar-refractivity contribution in [2.75, 3.05) is 0 Å². The standard InChI is InChI=1S/C18H36O2.C17H34O2/c1-2-3-4-5-6-7-8-9-10-11-12-13-14-15-16-17-18(19)20;1-4-5-6-7-8-9-10-11-12-13-14-15-17(18)19-16(2)3/h2-17H2,1H3,(H,19,20);16H,4-15H2,1-3H3. The summed E-state index contributed by atoms with van der Waals surface area (Å²) in [6.07, 6.45) is 35.3. The van der Waals surface area contributed by atoms with E-state index in [2.05, 4.69) is 13.8 Å². The number of unbranched alkanes of at least 4 members (excludes halogenated alkanes) is 24. The van der Waals surface area contributed by atoms with Crippen LogP contribution in [0.2, 0.25) is 0 Å². The third kappa shape index (κ3) is 41.6. The van der Waals surface area contributed by atoms with E-state index in [-0.39, 0.29) is 12.1 Å². The molecule has 0 unspecified atom stereocenters. The zero-order valence-electron chi connectivity index (χ0n) is 27.0. The quantitative estimate of drug-likeness (QED) is 0.0737. The van der Waals surface area contributed by atoms with E-state index < -0.39 is 5.97 Å². The molecule has 0 amide bonds. The Labute approximate surface area is 244 Å². The summed E-state index contributed by atoms with van der Waals surface area (Å²) in [6.45, 7) is 8.33. The lowest BCUT2D eigenvalue weighted by atomic mass is 10.0. The van der Waals surface area contributed by atoms with E-state index in [4.69, 9.17) is 9.84 Å². The molecule has 0 aliphatic rings. The minimum absolute atomic E-state index is 0.0280. The molecule has 0 aliphatic heterocycles. The molecule has 4 nitrogen and oxygen atoms in total. The Hall–Kier alpha value is -1.06. The van der Waals surface area contributed by atoms with Crippen LogP contribution in [-0.4, -0.2) is 23.1 Å². The second-order valence-electron chi connectivity index (χ2n) is 11.9. The van der Waals surface area contributed by atoms with Crippen molar-refractivity contribution in [2.45, 2.75) is 214 Å². The molecule has 0 aromatic carbocycles. The topological polar surface area (TPSA) is 63.6 Å². The first kappa shape index (κ1) is 40.1. The second-order valence-corrected chi connectivity index (χ2v) is 11.9. The number of rotatable bonds is 29. The van der Waals surface area contributed by atoms with Crippen LogP contribution in [0.5, 0.6) is 0 Å². The Morgan fingerprint density at radius 2 is 0.718 bits per heavy atom. The Morgan fingerprint density at radius 1 is 0.462 bits per heavy atom. The molecule has 0 atom stereocenters. The van der Waals surface area contributed by atoms with Crippen LogP contribution in [0.1, 0.15) is 207 Å². The lowest BCUT2D eigenvalue weighted by Gasteiger charge is -2.07. The van der Waals surface area contributed by atoms with Crippen LogP contribution in [0.4, 0.5) is 0 Å². The molecule has 0 bridgehead atoms. The lowest BCUT2D eigenvalue weighted by Crippen LogP contribution is -2.10. The molecule has 0 saturated carbocycles. The minimum atomic E-state index is -0.653. The summed E-state index contributed by atoms with van der Waals surface area (Å²) < 4.78 is 5.10. The first-order valence-electron chi connectivity index (χ1n) is 17.3. The van der Waals surface area contributed by atoms with Gasteiger partial charge in [-0.15, -0.1) is 0 Å². The summed E-state index contributed by atoms with van der Waals surface area (Å²) in [6, 6.07) is 0. The maximum absolute atomic E-state index is 11.3. The summed E-state index contributed by atoms with van der Waals surface area (Å²) in [7, 11) is 0. The van der Waals surface area contributed by atoms with E-state index in [0.717, 1.165) is 19.3 Å². The molecular formula is C35H70O4. The number of ether oxygens (including phenoxy) is 1. The number of hydrogen-bond donors (Lipinski definition) is 1. The van der Waals surface area contributed by atoms with Crippen molar-refractivity contribution in [1.82, 2.24) is 0 Å². The van der Waals surface area contributed by atoms with Gasteiger partial charge in [0.2, 0.25) is 0 Å². The Kier molecular flexibility index (Phi) is 35.9. The molecule has 0 saturated heterocycles. The largest absolute Gasteiger partial charge is 0.481 e. The van der Waals surface area contributed by atoms with Crippen LogP contribution in [0.3, 0.4) is 0 Å². The number of aliphatic carboxylic acids is 1. The van der Waals surface area contributed by atoms with Crippen molar-refractivity contribution >= 4 is 11.9 Å². The third-order valence-corrected chi connectivity index (χ3v) is 7.35. The average molecular weight is 555 g/mol. The van der Waals surface area contributed by atoms with Crippen LogP contribution in [-0.2, 0) is 14.3 Å². The number of carbonyl (C=O) groups is 2. The highest BCUT2D eigenvalue weighted by Gasteiger charge is 2.04. The number of carbonyl (C=O) groups excluding carboxylic acids is 1. The summed E-state index contributed by atoms with van der Waals surface area (Å²) in [4.78, 5) is 21.6. The molecule has 0 fully saturated rings. The van der Waals surface area contributed by atoms with Gasteiger partial charge in [-0.1, -0.05) is 168 Å². The molecule has 1 N–H and O–H groups in total. The van der Waals surface area contributed by atoms with Gasteiger partial charge in [-0.05, 0) is 26.7 Å². The van der Waals surface area contributed by atoms with E-state index in [1.54, 1.807) is 0 Å². The van der Waals surface area contributed by atoms with Gasteiger partial charge in [0.25, 0.3) is 0 Å². The summed E-state index contributed by atoms with van der Waals surface area (Å²) >= 11 is 0. The van der Waals surface area contributed by atoms with Gasteiger partial charge in [0.1, 0.15) is 0 Å². The molecule has 0 aliphatic carbocycles. The number of hydrogen-bond acceptors (Lipinski definition) is 3. The van der Waals surface area contributed by atoms with Gasteiger partial charge in [-0.2, -0.15) is 0 Å². The summed E-state index contributed by atoms with van der Waals surface area (Å²) in [5, 5.41) is 8.52. The lowest BCUT2D eigenvalue weighted by molar-refractivity contribution is -0.147. The molecule has 0 radical (unpaired) electrons. The maximum Gasteiger partial charge on any atom is 0.306 e. The molecule has 0 aromatic heterocycles. The normalized spacial score (nSPS) is 10.9. The molecule has 39 heavy (non-hydrogen) atoms. The van der Waals surface area contributed by atoms with Crippen LogP contribution < -0.4 is 0 Å². The van der Waals surface area contributed by atoms with Crippen LogP contribution in [0.15, 0.2) is 0 Å². The summed E-state index contributed by atoms with van der Waals surface area (Å²) in [5.74, 6) is -0.689. The van der Waals surface area contributed by atoms with E-state index in [1.165, 1.54) is 148 Å².